The van der Waals surface area contributed by atoms with Crippen LogP contribution in [-0.2, 0) is 14.3 Å². The van der Waals surface area contributed by atoms with Gasteiger partial charge in [-0.15, -0.1) is 11.8 Å². The fraction of sp³-hybridized carbons (Fsp3) is 0.667. The smallest absolute Gasteiger partial charge is 0.316 e. The van der Waals surface area contributed by atoms with Gasteiger partial charge in [0, 0.05) is 6.42 Å². The van der Waals surface area contributed by atoms with Crippen LogP contribution in [0.25, 0.3) is 0 Å². The summed E-state index contributed by atoms with van der Waals surface area (Å²) in [4.78, 5) is 22.6. The Morgan fingerprint density at radius 3 is 2.53 bits per heavy atom. The Morgan fingerprint density at radius 2 is 2.07 bits per heavy atom. The van der Waals surface area contributed by atoms with Gasteiger partial charge in [-0.25, -0.2) is 0 Å². The molecule has 0 aliphatic rings. The summed E-state index contributed by atoms with van der Waals surface area (Å²) < 4.78 is 4.83. The molecule has 0 aromatic heterocycles. The molecule has 0 aliphatic carbocycles. The van der Waals surface area contributed by atoms with Crippen molar-refractivity contribution in [3.05, 3.63) is 0 Å². The van der Waals surface area contributed by atoms with Crippen LogP contribution in [0.5, 0.6) is 0 Å². The molecule has 0 bridgehead atoms. The number of carbonyl (C=O) groups is 2. The Hall–Kier alpha value is -1.30. The van der Waals surface area contributed by atoms with Crippen LogP contribution >= 0.6 is 0 Å². The first-order valence-electron chi connectivity index (χ1n) is 5.20. The quantitative estimate of drug-likeness (QED) is 0.291. The lowest BCUT2D eigenvalue weighted by molar-refractivity contribution is -0.151. The third-order valence-electron chi connectivity index (χ3n) is 2.03. The van der Waals surface area contributed by atoms with Gasteiger partial charge in [0.05, 0.1) is 6.61 Å². The van der Waals surface area contributed by atoms with E-state index in [-0.39, 0.29) is 5.78 Å². The Labute approximate surface area is 91.2 Å². The maximum atomic E-state index is 11.4. The first kappa shape index (κ1) is 13.7. The van der Waals surface area contributed by atoms with Crippen LogP contribution < -0.4 is 0 Å². The highest BCUT2D eigenvalue weighted by atomic mass is 16.5. The highest BCUT2D eigenvalue weighted by molar-refractivity contribution is 5.97. The molecule has 0 N–H and O–H groups in total. The summed E-state index contributed by atoms with van der Waals surface area (Å²) >= 11 is 0. The number of ketones is 1. The Morgan fingerprint density at radius 1 is 1.40 bits per heavy atom. The van der Waals surface area contributed by atoms with Gasteiger partial charge in [-0.05, 0) is 33.6 Å². The topological polar surface area (TPSA) is 43.4 Å². The highest BCUT2D eigenvalue weighted by Gasteiger charge is 2.23. The molecule has 0 aromatic carbocycles. The second-order valence-corrected chi connectivity index (χ2v) is 3.23. The van der Waals surface area contributed by atoms with Crippen LogP contribution in [0.2, 0.25) is 0 Å². The van der Waals surface area contributed by atoms with Crippen molar-refractivity contribution in [2.75, 3.05) is 6.61 Å². The van der Waals surface area contributed by atoms with Crippen LogP contribution in [0.15, 0.2) is 0 Å². The summed E-state index contributed by atoms with van der Waals surface area (Å²) in [6.45, 7) is 5.25. The molecule has 0 radical (unpaired) electrons. The van der Waals surface area contributed by atoms with E-state index < -0.39 is 11.9 Å². The van der Waals surface area contributed by atoms with E-state index in [1.807, 2.05) is 0 Å². The van der Waals surface area contributed by atoms with Crippen LogP contribution in [0.3, 0.4) is 0 Å². The lowest BCUT2D eigenvalue weighted by Crippen LogP contribution is -2.24. The van der Waals surface area contributed by atoms with Crippen molar-refractivity contribution in [1.82, 2.24) is 0 Å². The summed E-state index contributed by atoms with van der Waals surface area (Å²) in [5, 5.41) is 0. The van der Waals surface area contributed by atoms with E-state index >= 15 is 0 Å². The SMILES string of the molecule is CC#CCCCC(C(C)=O)C(=O)OCC. The van der Waals surface area contributed by atoms with E-state index in [9.17, 15) is 9.59 Å². The standard InChI is InChI=1S/C12H18O3/c1-4-6-7-8-9-11(10(3)13)12(14)15-5-2/h11H,5,7-9H2,1-3H3. The lowest BCUT2D eigenvalue weighted by atomic mass is 9.98. The maximum absolute atomic E-state index is 11.4. The summed E-state index contributed by atoms with van der Waals surface area (Å²) in [6.07, 6.45) is 2.01. The van der Waals surface area contributed by atoms with Gasteiger partial charge in [0.2, 0.25) is 0 Å². The normalized spacial score (nSPS) is 11.1. The molecule has 0 amide bonds. The zero-order valence-electron chi connectivity index (χ0n) is 9.63. The Kier molecular flexibility index (Phi) is 7.35. The minimum absolute atomic E-state index is 0.127. The van der Waals surface area contributed by atoms with Crippen molar-refractivity contribution in [2.45, 2.75) is 40.0 Å². The van der Waals surface area contributed by atoms with Crippen molar-refractivity contribution < 1.29 is 14.3 Å². The second kappa shape index (κ2) is 8.05. The molecule has 3 heteroatoms. The monoisotopic (exact) mass is 210 g/mol. The van der Waals surface area contributed by atoms with E-state index in [4.69, 9.17) is 4.74 Å². The number of ether oxygens (including phenoxy) is 1. The molecule has 0 saturated heterocycles. The highest BCUT2D eigenvalue weighted by Crippen LogP contribution is 2.11. The molecule has 84 valence electrons. The Bertz CT molecular complexity index is 270. The number of unbranched alkanes of at least 4 members (excludes halogenated alkanes) is 1. The molecule has 0 heterocycles. The molecule has 0 aromatic rings. The van der Waals surface area contributed by atoms with E-state index in [1.165, 1.54) is 6.92 Å². The molecular formula is C12H18O3. The van der Waals surface area contributed by atoms with Crippen molar-refractivity contribution in [1.29, 1.82) is 0 Å². The summed E-state index contributed by atoms with van der Waals surface area (Å²) in [5.41, 5.74) is 0. The van der Waals surface area contributed by atoms with Crippen molar-refractivity contribution >= 4 is 11.8 Å². The molecule has 1 unspecified atom stereocenters. The van der Waals surface area contributed by atoms with E-state index in [2.05, 4.69) is 11.8 Å². The van der Waals surface area contributed by atoms with Gasteiger partial charge < -0.3 is 4.74 Å². The van der Waals surface area contributed by atoms with Gasteiger partial charge in [-0.2, -0.15) is 0 Å². The average molecular weight is 210 g/mol. The van der Waals surface area contributed by atoms with Crippen molar-refractivity contribution in [3.8, 4) is 11.8 Å². The Balaban J connectivity index is 4.08. The summed E-state index contributed by atoms with van der Waals surface area (Å²) in [6, 6.07) is 0. The van der Waals surface area contributed by atoms with Crippen molar-refractivity contribution in [2.24, 2.45) is 5.92 Å². The maximum Gasteiger partial charge on any atom is 0.316 e. The molecule has 3 nitrogen and oxygen atoms in total. The first-order chi connectivity index (χ1) is 7.13. The van der Waals surface area contributed by atoms with Crippen molar-refractivity contribution in [3.63, 3.8) is 0 Å². The fourth-order valence-corrected chi connectivity index (χ4v) is 1.25. The summed E-state index contributed by atoms with van der Waals surface area (Å²) in [5.74, 6) is 4.53. The minimum atomic E-state index is -0.608. The molecule has 0 aliphatic heterocycles. The zero-order valence-corrected chi connectivity index (χ0v) is 9.63. The van der Waals surface area contributed by atoms with Gasteiger partial charge in [-0.3, -0.25) is 9.59 Å². The third-order valence-corrected chi connectivity index (χ3v) is 2.03. The lowest BCUT2D eigenvalue weighted by Gasteiger charge is -2.11. The van der Waals surface area contributed by atoms with Gasteiger partial charge in [0.1, 0.15) is 11.7 Å². The molecule has 1 atom stereocenters. The molecule has 0 saturated carbocycles. The van der Waals surface area contributed by atoms with E-state index in [0.29, 0.717) is 13.0 Å². The zero-order chi connectivity index (χ0) is 11.7. The van der Waals surface area contributed by atoms with Crippen LogP contribution in [0.1, 0.15) is 40.0 Å². The van der Waals surface area contributed by atoms with Gasteiger partial charge >= 0.3 is 5.97 Å². The largest absolute Gasteiger partial charge is 0.465 e. The molecule has 0 fully saturated rings. The average Bonchev–Trinajstić information content (AvgIpc) is 2.17. The van der Waals surface area contributed by atoms with Gasteiger partial charge in [0.25, 0.3) is 0 Å². The number of esters is 1. The molecular weight excluding hydrogens is 192 g/mol. The number of hydrogen-bond acceptors (Lipinski definition) is 3. The van der Waals surface area contributed by atoms with Crippen LogP contribution in [-0.4, -0.2) is 18.4 Å². The van der Waals surface area contributed by atoms with E-state index in [0.717, 1.165) is 12.8 Å². The van der Waals surface area contributed by atoms with Crippen LogP contribution in [0.4, 0.5) is 0 Å². The van der Waals surface area contributed by atoms with Gasteiger partial charge in [-0.1, -0.05) is 0 Å². The first-order valence-corrected chi connectivity index (χ1v) is 5.20. The molecule has 0 spiro atoms. The number of hydrogen-bond donors (Lipinski definition) is 0. The third kappa shape index (κ3) is 5.90. The molecule has 0 rings (SSSR count). The number of carbonyl (C=O) groups excluding carboxylic acids is 2. The van der Waals surface area contributed by atoms with Gasteiger partial charge in [0.15, 0.2) is 0 Å². The number of rotatable bonds is 6. The fourth-order valence-electron chi connectivity index (χ4n) is 1.25. The summed E-state index contributed by atoms with van der Waals surface area (Å²) in [7, 11) is 0. The van der Waals surface area contributed by atoms with E-state index in [1.54, 1.807) is 13.8 Å². The predicted molar refractivity (Wildman–Crippen MR) is 58.1 cm³/mol. The predicted octanol–water partition coefficient (Wildman–Crippen LogP) is 1.95. The van der Waals surface area contributed by atoms with Crippen LogP contribution in [0, 0.1) is 17.8 Å². The minimum Gasteiger partial charge on any atom is -0.465 e. The molecule has 15 heavy (non-hydrogen) atoms. The second-order valence-electron chi connectivity index (χ2n) is 3.23. The number of Topliss-reactive ketones (excluding diaryl/α,β-unsaturated/α-hetero) is 1.